The van der Waals surface area contributed by atoms with Crippen LogP contribution in [0.5, 0.6) is 5.75 Å². The van der Waals surface area contributed by atoms with Crippen molar-refractivity contribution < 1.29 is 4.74 Å². The van der Waals surface area contributed by atoms with E-state index >= 15 is 0 Å². The number of aromatic nitrogens is 3. The summed E-state index contributed by atoms with van der Waals surface area (Å²) in [5.74, 6) is 0.830. The van der Waals surface area contributed by atoms with Crippen molar-refractivity contribution in [2.24, 2.45) is 5.41 Å². The number of nitrogens with zero attached hydrogens (tertiary/aromatic N) is 2. The molecule has 0 spiro atoms. The molecular formula is C24H25N3O2. The van der Waals surface area contributed by atoms with Gasteiger partial charge in [0, 0.05) is 17.4 Å². The van der Waals surface area contributed by atoms with Crippen LogP contribution in [0.4, 0.5) is 0 Å². The number of para-hydroxylation sites is 1. The van der Waals surface area contributed by atoms with Gasteiger partial charge in [0.1, 0.15) is 5.75 Å². The Morgan fingerprint density at radius 1 is 1.03 bits per heavy atom. The van der Waals surface area contributed by atoms with Gasteiger partial charge in [-0.2, -0.15) is 0 Å². The molecule has 4 aromatic rings. The molecule has 0 aliphatic heterocycles. The summed E-state index contributed by atoms with van der Waals surface area (Å²) < 4.78 is 7.83. The summed E-state index contributed by atoms with van der Waals surface area (Å²) >= 11 is 0. The van der Waals surface area contributed by atoms with E-state index in [9.17, 15) is 4.79 Å². The third kappa shape index (κ3) is 4.09. The normalized spacial score (nSPS) is 11.7. The fourth-order valence-electron chi connectivity index (χ4n) is 3.28. The van der Waals surface area contributed by atoms with Crippen LogP contribution in [-0.2, 0) is 0 Å². The van der Waals surface area contributed by atoms with Crippen molar-refractivity contribution in [2.45, 2.75) is 27.2 Å². The first-order valence-corrected chi connectivity index (χ1v) is 9.80. The van der Waals surface area contributed by atoms with Gasteiger partial charge in [0.2, 0.25) is 0 Å². The molecular weight excluding hydrogens is 362 g/mol. The maximum Gasteiger partial charge on any atom is 0.260 e. The summed E-state index contributed by atoms with van der Waals surface area (Å²) in [7, 11) is 0. The maximum atomic E-state index is 12.6. The number of rotatable bonds is 5. The van der Waals surface area contributed by atoms with Crippen LogP contribution in [0.2, 0.25) is 0 Å². The average molecular weight is 387 g/mol. The highest BCUT2D eigenvalue weighted by Gasteiger charge is 2.16. The van der Waals surface area contributed by atoms with Crippen molar-refractivity contribution in [2.75, 3.05) is 6.61 Å². The van der Waals surface area contributed by atoms with E-state index in [0.29, 0.717) is 17.6 Å². The molecule has 5 heteroatoms. The lowest BCUT2D eigenvalue weighted by Gasteiger charge is -2.18. The predicted octanol–water partition coefficient (Wildman–Crippen LogP) is 5.20. The first kappa shape index (κ1) is 19.0. The molecule has 0 atom stereocenters. The lowest BCUT2D eigenvalue weighted by Crippen LogP contribution is -2.11. The molecule has 4 rings (SSSR count). The second kappa shape index (κ2) is 7.59. The van der Waals surface area contributed by atoms with Gasteiger partial charge in [-0.25, -0.2) is 4.98 Å². The van der Waals surface area contributed by atoms with Gasteiger partial charge in [0.15, 0.2) is 5.65 Å². The first-order valence-electron chi connectivity index (χ1n) is 9.80. The third-order valence-corrected chi connectivity index (χ3v) is 4.91. The monoisotopic (exact) mass is 387 g/mol. The van der Waals surface area contributed by atoms with Gasteiger partial charge in [-0.15, -0.1) is 0 Å². The van der Waals surface area contributed by atoms with E-state index in [-0.39, 0.29) is 11.0 Å². The number of fused-ring (bicyclic) bond motifs is 1. The molecule has 5 nitrogen and oxygen atoms in total. The van der Waals surface area contributed by atoms with Gasteiger partial charge in [-0.1, -0.05) is 51.1 Å². The van der Waals surface area contributed by atoms with Crippen molar-refractivity contribution in [3.63, 3.8) is 0 Å². The number of aromatic amines is 1. The molecule has 2 heterocycles. The summed E-state index contributed by atoms with van der Waals surface area (Å²) in [4.78, 5) is 19.7. The number of hydrogen-bond donors (Lipinski definition) is 1. The highest BCUT2D eigenvalue weighted by atomic mass is 16.5. The Bertz CT molecular complexity index is 1170. The number of benzene rings is 2. The van der Waals surface area contributed by atoms with Crippen LogP contribution in [0.15, 0.2) is 71.9 Å². The highest BCUT2D eigenvalue weighted by Crippen LogP contribution is 2.30. The Balaban J connectivity index is 1.70. The van der Waals surface area contributed by atoms with Gasteiger partial charge in [0.05, 0.1) is 18.3 Å². The third-order valence-electron chi connectivity index (χ3n) is 4.91. The van der Waals surface area contributed by atoms with E-state index < -0.39 is 0 Å². The molecule has 2 aromatic heterocycles. The molecule has 0 amide bonds. The molecule has 0 aliphatic rings. The van der Waals surface area contributed by atoms with Gasteiger partial charge < -0.3 is 14.3 Å². The minimum atomic E-state index is -0.148. The number of hydrogen-bond acceptors (Lipinski definition) is 3. The quantitative estimate of drug-likeness (QED) is 0.512. The Hall–Kier alpha value is -3.34. The smallest absolute Gasteiger partial charge is 0.260 e. The highest BCUT2D eigenvalue weighted by molar-refractivity contribution is 5.94. The maximum absolute atomic E-state index is 12.6. The standard InChI is InChI=1S/C24H25N3O2/c1-24(2,3)13-14-29-19-11-9-17(10-12-19)20-15-27(18-7-5-4-6-8-18)22-21(20)23(28)26-16-25-22/h4-12,15-16H,13-14H2,1-3H3,(H,25,26,28). The summed E-state index contributed by atoms with van der Waals surface area (Å²) in [6.07, 6.45) is 4.40. The van der Waals surface area contributed by atoms with Crippen LogP contribution < -0.4 is 10.3 Å². The van der Waals surface area contributed by atoms with Crippen molar-refractivity contribution in [1.29, 1.82) is 0 Å². The predicted molar refractivity (Wildman–Crippen MR) is 117 cm³/mol. The number of ether oxygens (including phenoxy) is 1. The van der Waals surface area contributed by atoms with Crippen molar-refractivity contribution in [3.05, 3.63) is 77.5 Å². The Labute approximate surface area is 170 Å². The lowest BCUT2D eigenvalue weighted by molar-refractivity contribution is 0.243. The van der Waals surface area contributed by atoms with Crippen LogP contribution in [0.25, 0.3) is 27.8 Å². The number of nitrogens with one attached hydrogen (secondary N) is 1. The largest absolute Gasteiger partial charge is 0.494 e. The Kier molecular flexibility index (Phi) is 4.97. The van der Waals surface area contributed by atoms with Crippen molar-refractivity contribution in [3.8, 4) is 22.6 Å². The van der Waals surface area contributed by atoms with Crippen LogP contribution in [0.3, 0.4) is 0 Å². The Morgan fingerprint density at radius 3 is 2.45 bits per heavy atom. The SMILES string of the molecule is CC(C)(C)CCOc1ccc(-c2cn(-c3ccccc3)c3nc[nH]c(=O)c23)cc1. The van der Waals surface area contributed by atoms with Gasteiger partial charge in [0.25, 0.3) is 5.56 Å². The average Bonchev–Trinajstić information content (AvgIpc) is 3.09. The van der Waals surface area contributed by atoms with E-state index in [4.69, 9.17) is 4.74 Å². The van der Waals surface area contributed by atoms with Crippen LogP contribution in [0.1, 0.15) is 27.2 Å². The molecule has 0 fully saturated rings. The van der Waals surface area contributed by atoms with Crippen LogP contribution in [-0.4, -0.2) is 21.1 Å². The second-order valence-corrected chi connectivity index (χ2v) is 8.36. The molecule has 1 N–H and O–H groups in total. The molecule has 2 aromatic carbocycles. The molecule has 0 saturated carbocycles. The zero-order valence-electron chi connectivity index (χ0n) is 17.0. The molecule has 0 unspecified atom stereocenters. The zero-order chi connectivity index (χ0) is 20.4. The molecule has 0 bridgehead atoms. The number of H-pyrrole nitrogens is 1. The van der Waals surface area contributed by atoms with E-state index in [1.807, 2.05) is 65.4 Å². The second-order valence-electron chi connectivity index (χ2n) is 8.36. The molecule has 0 saturated heterocycles. The van der Waals surface area contributed by atoms with E-state index in [1.165, 1.54) is 6.33 Å². The fraction of sp³-hybridized carbons (Fsp3) is 0.250. The lowest BCUT2D eigenvalue weighted by atomic mass is 9.93. The summed E-state index contributed by atoms with van der Waals surface area (Å²) in [6.45, 7) is 7.29. The summed E-state index contributed by atoms with van der Waals surface area (Å²) in [5.41, 5.74) is 3.49. The first-order chi connectivity index (χ1) is 13.9. The Morgan fingerprint density at radius 2 is 1.76 bits per heavy atom. The molecule has 0 aliphatic carbocycles. The van der Waals surface area contributed by atoms with E-state index in [1.54, 1.807) is 0 Å². The van der Waals surface area contributed by atoms with Crippen molar-refractivity contribution >= 4 is 11.0 Å². The van der Waals surface area contributed by atoms with E-state index in [2.05, 4.69) is 30.7 Å². The molecule has 0 radical (unpaired) electrons. The minimum Gasteiger partial charge on any atom is -0.494 e. The summed E-state index contributed by atoms with van der Waals surface area (Å²) in [5, 5.41) is 0.581. The van der Waals surface area contributed by atoms with Crippen molar-refractivity contribution in [1.82, 2.24) is 14.5 Å². The van der Waals surface area contributed by atoms with Crippen LogP contribution in [0, 0.1) is 5.41 Å². The summed E-state index contributed by atoms with van der Waals surface area (Å²) in [6, 6.07) is 17.8. The minimum absolute atomic E-state index is 0.148. The molecule has 29 heavy (non-hydrogen) atoms. The fourth-order valence-corrected chi connectivity index (χ4v) is 3.28. The van der Waals surface area contributed by atoms with Gasteiger partial charge in [-0.3, -0.25) is 4.79 Å². The van der Waals surface area contributed by atoms with Gasteiger partial charge in [-0.05, 0) is 41.7 Å². The van der Waals surface area contributed by atoms with E-state index in [0.717, 1.165) is 29.0 Å². The topological polar surface area (TPSA) is 59.9 Å². The van der Waals surface area contributed by atoms with Crippen LogP contribution >= 0.6 is 0 Å². The van der Waals surface area contributed by atoms with Gasteiger partial charge >= 0.3 is 0 Å². The zero-order valence-corrected chi connectivity index (χ0v) is 17.0. The molecule has 148 valence electrons.